The summed E-state index contributed by atoms with van der Waals surface area (Å²) in [5.74, 6) is 0.648. The topological polar surface area (TPSA) is 193 Å². The summed E-state index contributed by atoms with van der Waals surface area (Å²) < 4.78 is 1.74. The quantitative estimate of drug-likeness (QED) is 0.148. The van der Waals surface area contributed by atoms with E-state index in [1.165, 1.54) is 0 Å². The number of benzene rings is 1. The molecule has 3 aromatic rings. The van der Waals surface area contributed by atoms with Gasteiger partial charge in [0.2, 0.25) is 11.9 Å². The molecule has 7 atom stereocenters. The third kappa shape index (κ3) is 7.43. The number of likely N-dealkylation sites (N-methyl/N-ethyl adjacent to an activating group) is 1. The van der Waals surface area contributed by atoms with Gasteiger partial charge in [-0.3, -0.25) is 4.79 Å². The number of imidazole rings is 1. The molecule has 254 valence electrons. The van der Waals surface area contributed by atoms with E-state index in [1.807, 2.05) is 42.3 Å². The molecule has 3 fully saturated rings. The number of carbonyl (C=O) groups is 2. The van der Waals surface area contributed by atoms with Gasteiger partial charge in [-0.25, -0.2) is 9.78 Å². The fourth-order valence-corrected chi connectivity index (χ4v) is 6.90. The van der Waals surface area contributed by atoms with Gasteiger partial charge in [0.25, 0.3) is 0 Å². The second-order valence-electron chi connectivity index (χ2n) is 13.0. The number of urea groups is 1. The Bertz CT molecular complexity index is 1540. The van der Waals surface area contributed by atoms with Crippen molar-refractivity contribution >= 4 is 34.9 Å². The summed E-state index contributed by atoms with van der Waals surface area (Å²) in [6.45, 7) is 4.49. The Hall–Kier alpha value is -4.05. The highest BCUT2D eigenvalue weighted by Crippen LogP contribution is 2.35. The van der Waals surface area contributed by atoms with Gasteiger partial charge in [-0.05, 0) is 44.8 Å². The lowest BCUT2D eigenvalue weighted by Gasteiger charge is -2.22. The lowest BCUT2D eigenvalue weighted by atomic mass is 10.1. The molecule has 3 amide bonds. The van der Waals surface area contributed by atoms with E-state index in [0.717, 1.165) is 25.1 Å². The van der Waals surface area contributed by atoms with Crippen molar-refractivity contribution < 1.29 is 24.9 Å². The van der Waals surface area contributed by atoms with Crippen LogP contribution in [0.3, 0.4) is 0 Å². The van der Waals surface area contributed by atoms with Gasteiger partial charge in [0, 0.05) is 38.1 Å². The van der Waals surface area contributed by atoms with Gasteiger partial charge in [-0.15, -0.1) is 0 Å². The van der Waals surface area contributed by atoms with Crippen molar-refractivity contribution in [2.24, 2.45) is 0 Å². The average Bonchev–Trinajstić information content (AvgIpc) is 3.86. The van der Waals surface area contributed by atoms with Crippen molar-refractivity contribution in [1.29, 1.82) is 0 Å². The molecule has 0 radical (unpaired) electrons. The Morgan fingerprint density at radius 2 is 1.74 bits per heavy atom. The summed E-state index contributed by atoms with van der Waals surface area (Å²) >= 11 is 0. The van der Waals surface area contributed by atoms with Crippen LogP contribution in [0.25, 0.3) is 11.2 Å². The molecule has 6 rings (SSSR count). The normalized spacial score (nSPS) is 26.9. The molecule has 1 aromatic carbocycles. The Morgan fingerprint density at radius 3 is 2.45 bits per heavy atom. The molecule has 2 aliphatic heterocycles. The monoisotopic (exact) mass is 650 g/mol. The van der Waals surface area contributed by atoms with E-state index in [-0.39, 0.29) is 49.5 Å². The summed E-state index contributed by atoms with van der Waals surface area (Å²) in [5, 5.41) is 44.6. The molecule has 1 aliphatic carbocycles. The van der Waals surface area contributed by atoms with Crippen molar-refractivity contribution in [2.45, 2.75) is 81.4 Å². The highest BCUT2D eigenvalue weighted by Gasteiger charge is 2.44. The Kier molecular flexibility index (Phi) is 10.1. The van der Waals surface area contributed by atoms with Crippen LogP contribution in [-0.2, 0) is 11.2 Å². The third-order valence-corrected chi connectivity index (χ3v) is 9.51. The van der Waals surface area contributed by atoms with Crippen molar-refractivity contribution in [3.63, 3.8) is 0 Å². The van der Waals surface area contributed by atoms with Gasteiger partial charge in [-0.2, -0.15) is 9.97 Å². The zero-order valence-corrected chi connectivity index (χ0v) is 26.9. The number of hydrogen-bond donors (Lipinski definition) is 7. The lowest BCUT2D eigenvalue weighted by molar-refractivity contribution is -0.122. The third-order valence-electron chi connectivity index (χ3n) is 9.51. The predicted molar refractivity (Wildman–Crippen MR) is 176 cm³/mol. The number of aliphatic hydroxyl groups excluding tert-OH is 3. The van der Waals surface area contributed by atoms with Crippen LogP contribution < -0.4 is 26.2 Å². The molecule has 2 aromatic heterocycles. The van der Waals surface area contributed by atoms with Gasteiger partial charge in [0.1, 0.15) is 12.2 Å². The van der Waals surface area contributed by atoms with Gasteiger partial charge in [0.15, 0.2) is 17.0 Å². The lowest BCUT2D eigenvalue weighted by Crippen LogP contribution is -2.47. The molecule has 4 heterocycles. The Balaban J connectivity index is 1.26. The number of amides is 3. The summed E-state index contributed by atoms with van der Waals surface area (Å²) in [4.78, 5) is 43.5. The highest BCUT2D eigenvalue weighted by molar-refractivity contribution is 5.85. The Morgan fingerprint density at radius 1 is 1.00 bits per heavy atom. The van der Waals surface area contributed by atoms with Crippen LogP contribution >= 0.6 is 0 Å². The molecule has 0 bridgehead atoms. The zero-order valence-electron chi connectivity index (χ0n) is 26.9. The van der Waals surface area contributed by atoms with Crippen LogP contribution in [0.4, 0.5) is 16.6 Å². The number of anilines is 2. The first-order valence-electron chi connectivity index (χ1n) is 16.5. The van der Waals surface area contributed by atoms with E-state index in [9.17, 15) is 24.9 Å². The minimum absolute atomic E-state index is 0.104. The molecular formula is C32H46N10O5. The molecule has 3 aliphatic rings. The average molecular weight is 651 g/mol. The van der Waals surface area contributed by atoms with Crippen molar-refractivity contribution in [3.8, 4) is 0 Å². The number of nitrogens with zero attached hydrogens (tertiary/aromatic N) is 6. The minimum Gasteiger partial charge on any atom is -0.394 e. The number of aliphatic hydroxyl groups is 3. The zero-order chi connectivity index (χ0) is 33.1. The van der Waals surface area contributed by atoms with Crippen LogP contribution in [0.5, 0.6) is 0 Å². The first kappa shape index (κ1) is 32.9. The number of aromatic nitrogens is 4. The smallest absolute Gasteiger partial charge is 0.315 e. The minimum atomic E-state index is -1.16. The fourth-order valence-electron chi connectivity index (χ4n) is 6.90. The van der Waals surface area contributed by atoms with Crippen molar-refractivity contribution in [1.82, 2.24) is 40.4 Å². The maximum Gasteiger partial charge on any atom is 0.315 e. The van der Waals surface area contributed by atoms with Crippen LogP contribution in [0.1, 0.15) is 44.2 Å². The second kappa shape index (κ2) is 14.4. The maximum atomic E-state index is 12.8. The maximum absolute atomic E-state index is 12.8. The highest BCUT2D eigenvalue weighted by atomic mass is 16.3. The van der Waals surface area contributed by atoms with Crippen LogP contribution in [0, 0.1) is 0 Å². The summed E-state index contributed by atoms with van der Waals surface area (Å²) in [5.41, 5.74) is 1.96. The summed E-state index contributed by atoms with van der Waals surface area (Å²) in [6.07, 6.45) is 2.00. The van der Waals surface area contributed by atoms with E-state index in [0.29, 0.717) is 48.9 Å². The predicted octanol–water partition coefficient (Wildman–Crippen LogP) is -0.0148. The second-order valence-corrected chi connectivity index (χ2v) is 13.0. The van der Waals surface area contributed by atoms with E-state index >= 15 is 0 Å². The van der Waals surface area contributed by atoms with Gasteiger partial charge < -0.3 is 51.0 Å². The first-order chi connectivity index (χ1) is 22.7. The van der Waals surface area contributed by atoms with Crippen molar-refractivity contribution in [2.75, 3.05) is 50.1 Å². The standard InChI is InChI=1S/C32H46N10O5/c1-3-25(44)37-23-14-24(28(46)27(23)45)42-18-33-26-29(34-22(17-43)13-19-7-5-4-6-8-19)38-31(39-30(26)42)41-12-10-21(16-41)36-32(47)35-20-9-11-40(2)15-20/h4-8,18,20-24,27-28,43,45-46H,3,9-17H2,1-2H3,(H,37,44)(H,34,38,39)(H2,35,36,47)/t20?,21-,22?,23?,24?,27-,28+/m1/s1. The molecular weight excluding hydrogens is 604 g/mol. The number of hydrogen-bond acceptors (Lipinski definition) is 11. The van der Waals surface area contributed by atoms with Gasteiger partial charge >= 0.3 is 6.03 Å². The number of rotatable bonds is 11. The number of likely N-dealkylation sites (tertiary alicyclic amines) is 1. The Labute approximate surface area is 273 Å². The molecule has 15 nitrogen and oxygen atoms in total. The van der Waals surface area contributed by atoms with Gasteiger partial charge in [0.05, 0.1) is 31.1 Å². The van der Waals surface area contributed by atoms with E-state index in [2.05, 4.69) is 31.2 Å². The molecule has 0 spiro atoms. The first-order valence-corrected chi connectivity index (χ1v) is 16.5. The van der Waals surface area contributed by atoms with Crippen LogP contribution in [0.2, 0.25) is 0 Å². The molecule has 1 saturated carbocycles. The summed E-state index contributed by atoms with van der Waals surface area (Å²) in [7, 11) is 2.04. The summed E-state index contributed by atoms with van der Waals surface area (Å²) in [6, 6.07) is 8.10. The molecule has 4 unspecified atom stereocenters. The number of fused-ring (bicyclic) bond motifs is 1. The molecule has 2 saturated heterocycles. The number of nitrogens with one attached hydrogen (secondary N) is 4. The van der Waals surface area contributed by atoms with E-state index in [1.54, 1.807) is 17.8 Å². The van der Waals surface area contributed by atoms with Crippen LogP contribution in [-0.4, -0.2) is 128 Å². The molecule has 47 heavy (non-hydrogen) atoms. The van der Waals surface area contributed by atoms with E-state index in [4.69, 9.17) is 9.97 Å². The van der Waals surface area contributed by atoms with Gasteiger partial charge in [-0.1, -0.05) is 37.3 Å². The van der Waals surface area contributed by atoms with Crippen molar-refractivity contribution in [3.05, 3.63) is 42.2 Å². The SMILES string of the molecule is CCC(=O)NC1CC(n2cnc3c(NC(CO)Cc4ccccc4)nc(N4CC[C@@H](NC(=O)NC5CCN(C)C5)C4)nc32)[C@H](O)[C@@H]1O. The fraction of sp³-hybridized carbons (Fsp3) is 0.594. The molecule has 15 heteroatoms. The van der Waals surface area contributed by atoms with Crippen LogP contribution in [0.15, 0.2) is 36.7 Å². The number of carbonyl (C=O) groups excluding carboxylic acids is 2. The molecule has 7 N–H and O–H groups in total. The van der Waals surface area contributed by atoms with E-state index < -0.39 is 24.3 Å². The largest absolute Gasteiger partial charge is 0.394 e.